The van der Waals surface area contributed by atoms with E-state index in [4.69, 9.17) is 4.74 Å². The Balaban J connectivity index is 1.82. The normalized spacial score (nSPS) is 11.1. The molecule has 1 N–H and O–H groups in total. The van der Waals surface area contributed by atoms with Gasteiger partial charge in [-0.3, -0.25) is 9.20 Å². The van der Waals surface area contributed by atoms with Gasteiger partial charge in [-0.2, -0.15) is 0 Å². The van der Waals surface area contributed by atoms with Crippen molar-refractivity contribution in [2.24, 2.45) is 0 Å². The molecule has 5 nitrogen and oxygen atoms in total. The summed E-state index contributed by atoms with van der Waals surface area (Å²) in [5.41, 5.74) is 2.70. The highest BCUT2D eigenvalue weighted by Crippen LogP contribution is 2.27. The molecule has 7 heteroatoms. The predicted molar refractivity (Wildman–Crippen MR) is 86.9 cm³/mol. The molecule has 0 aliphatic rings. The Labute approximate surface area is 136 Å². The summed E-state index contributed by atoms with van der Waals surface area (Å²) in [6.07, 6.45) is 1.93. The minimum absolute atomic E-state index is 0.0519. The molecule has 3 aromatic rings. The fourth-order valence-corrected chi connectivity index (χ4v) is 3.32. The zero-order valence-electron chi connectivity index (χ0n) is 12.8. The monoisotopic (exact) mass is 333 g/mol. The molecule has 2 heterocycles. The van der Waals surface area contributed by atoms with Crippen LogP contribution in [0.1, 0.15) is 10.6 Å². The molecular formula is C16H16FN3O2S. The molecular weight excluding hydrogens is 317 g/mol. The fraction of sp³-hybridized carbons (Fsp3) is 0.250. The lowest BCUT2D eigenvalue weighted by atomic mass is 10.2. The van der Waals surface area contributed by atoms with Crippen molar-refractivity contribution in [3.63, 3.8) is 0 Å². The third kappa shape index (κ3) is 3.25. The summed E-state index contributed by atoms with van der Waals surface area (Å²) in [5, 5.41) is 2.81. The van der Waals surface area contributed by atoms with Gasteiger partial charge in [0.2, 0.25) is 5.91 Å². The molecule has 1 amide bonds. The Kier molecular flexibility index (Phi) is 4.40. The summed E-state index contributed by atoms with van der Waals surface area (Å²) in [6, 6.07) is 6.27. The Morgan fingerprint density at radius 1 is 1.39 bits per heavy atom. The Morgan fingerprint density at radius 3 is 2.78 bits per heavy atom. The zero-order chi connectivity index (χ0) is 16.4. The molecule has 3 rings (SSSR count). The molecule has 2 aromatic heterocycles. The first-order chi connectivity index (χ1) is 11.1. The highest BCUT2D eigenvalue weighted by atomic mass is 32.1. The van der Waals surface area contributed by atoms with E-state index in [9.17, 15) is 9.18 Å². The number of nitrogens with one attached hydrogen (secondary N) is 1. The third-order valence-corrected chi connectivity index (χ3v) is 4.67. The number of methoxy groups -OCH3 is 1. The van der Waals surface area contributed by atoms with Crippen LogP contribution in [0.2, 0.25) is 0 Å². The number of benzene rings is 1. The van der Waals surface area contributed by atoms with Crippen molar-refractivity contribution in [3.8, 4) is 11.3 Å². The molecule has 1 aromatic carbocycles. The van der Waals surface area contributed by atoms with Gasteiger partial charge in [0.05, 0.1) is 12.2 Å². The quantitative estimate of drug-likeness (QED) is 0.781. The number of ether oxygens (including phenoxy) is 1. The lowest BCUT2D eigenvalue weighted by Gasteiger charge is -2.03. The molecule has 0 spiro atoms. The first kappa shape index (κ1) is 15.6. The van der Waals surface area contributed by atoms with Crippen LogP contribution in [0.15, 0.2) is 30.5 Å². The molecule has 0 aliphatic heterocycles. The van der Waals surface area contributed by atoms with Crippen molar-refractivity contribution < 1.29 is 13.9 Å². The van der Waals surface area contributed by atoms with Gasteiger partial charge in [-0.05, 0) is 31.2 Å². The van der Waals surface area contributed by atoms with Crippen LogP contribution >= 0.6 is 11.3 Å². The molecule has 0 atom stereocenters. The molecule has 0 saturated heterocycles. The van der Waals surface area contributed by atoms with E-state index in [1.54, 1.807) is 12.1 Å². The van der Waals surface area contributed by atoms with Gasteiger partial charge in [0.15, 0.2) is 4.96 Å². The van der Waals surface area contributed by atoms with E-state index >= 15 is 0 Å². The smallest absolute Gasteiger partial charge is 0.246 e. The van der Waals surface area contributed by atoms with Crippen molar-refractivity contribution in [1.82, 2.24) is 14.7 Å². The third-order valence-electron chi connectivity index (χ3n) is 3.51. The number of carbonyl (C=O) groups is 1. The summed E-state index contributed by atoms with van der Waals surface area (Å²) >= 11 is 1.52. The van der Waals surface area contributed by atoms with E-state index in [0.717, 1.165) is 26.8 Å². The number of imidazole rings is 1. The molecule has 120 valence electrons. The minimum atomic E-state index is -0.264. The van der Waals surface area contributed by atoms with Gasteiger partial charge in [0, 0.05) is 29.4 Å². The van der Waals surface area contributed by atoms with E-state index in [2.05, 4.69) is 10.3 Å². The lowest BCUT2D eigenvalue weighted by molar-refractivity contribution is -0.124. The largest absolute Gasteiger partial charge is 0.375 e. The maximum Gasteiger partial charge on any atom is 0.246 e. The highest BCUT2D eigenvalue weighted by Gasteiger charge is 2.13. The standard InChI is InChI=1S/C16H16FN3O2S/c1-10-14(7-18-15(21)9-22-2)23-16-19-13(8-20(10)16)11-3-5-12(17)6-4-11/h3-6,8H,7,9H2,1-2H3,(H,18,21). The molecule has 0 fully saturated rings. The minimum Gasteiger partial charge on any atom is -0.375 e. The van der Waals surface area contributed by atoms with Crippen molar-refractivity contribution in [3.05, 3.63) is 46.9 Å². The van der Waals surface area contributed by atoms with Crippen LogP contribution in [0.5, 0.6) is 0 Å². The van der Waals surface area contributed by atoms with Gasteiger partial charge >= 0.3 is 0 Å². The second-order valence-electron chi connectivity index (χ2n) is 5.11. The van der Waals surface area contributed by atoms with Gasteiger partial charge in [-0.15, -0.1) is 0 Å². The van der Waals surface area contributed by atoms with Crippen LogP contribution in [0, 0.1) is 12.7 Å². The number of amides is 1. The number of aromatic nitrogens is 2. The molecule has 0 radical (unpaired) electrons. The SMILES string of the molecule is COCC(=O)NCc1sc2nc(-c3ccc(F)cc3)cn2c1C. The first-order valence-corrected chi connectivity index (χ1v) is 7.89. The van der Waals surface area contributed by atoms with Crippen LogP contribution in [-0.4, -0.2) is 29.0 Å². The second-order valence-corrected chi connectivity index (χ2v) is 6.17. The Bertz CT molecular complexity index is 839. The molecule has 23 heavy (non-hydrogen) atoms. The first-order valence-electron chi connectivity index (χ1n) is 7.07. The summed E-state index contributed by atoms with van der Waals surface area (Å²) in [6.45, 7) is 2.49. The number of fused-ring (bicyclic) bond motifs is 1. The van der Waals surface area contributed by atoms with E-state index in [1.807, 2.05) is 17.5 Å². The van der Waals surface area contributed by atoms with Crippen molar-refractivity contribution >= 4 is 22.2 Å². The predicted octanol–water partition coefficient (Wildman–Crippen LogP) is 2.77. The highest BCUT2D eigenvalue weighted by molar-refractivity contribution is 7.17. The summed E-state index contributed by atoms with van der Waals surface area (Å²) in [5.74, 6) is -0.412. The van der Waals surface area contributed by atoms with Gasteiger partial charge in [0.25, 0.3) is 0 Å². The van der Waals surface area contributed by atoms with Crippen molar-refractivity contribution in [2.75, 3.05) is 13.7 Å². The van der Waals surface area contributed by atoms with Gasteiger partial charge in [-0.25, -0.2) is 9.37 Å². The number of carbonyl (C=O) groups excluding carboxylic acids is 1. The Hall–Kier alpha value is -2.25. The molecule has 0 bridgehead atoms. The molecule has 0 aliphatic carbocycles. The van der Waals surface area contributed by atoms with Crippen molar-refractivity contribution in [1.29, 1.82) is 0 Å². The van der Waals surface area contributed by atoms with E-state index in [-0.39, 0.29) is 18.3 Å². The number of hydrogen-bond donors (Lipinski definition) is 1. The summed E-state index contributed by atoms with van der Waals surface area (Å²) < 4.78 is 19.8. The number of aryl methyl sites for hydroxylation is 1. The van der Waals surface area contributed by atoms with Gasteiger partial charge < -0.3 is 10.1 Å². The topological polar surface area (TPSA) is 55.6 Å². The van der Waals surface area contributed by atoms with Gasteiger partial charge in [0.1, 0.15) is 12.4 Å². The average molecular weight is 333 g/mol. The lowest BCUT2D eigenvalue weighted by Crippen LogP contribution is -2.26. The van der Waals surface area contributed by atoms with Crippen LogP contribution in [0.4, 0.5) is 4.39 Å². The molecule has 0 saturated carbocycles. The fourth-order valence-electron chi connectivity index (χ4n) is 2.28. The van der Waals surface area contributed by atoms with E-state index in [1.165, 1.54) is 30.6 Å². The van der Waals surface area contributed by atoms with Crippen LogP contribution in [0.3, 0.4) is 0 Å². The van der Waals surface area contributed by atoms with Crippen molar-refractivity contribution in [2.45, 2.75) is 13.5 Å². The zero-order valence-corrected chi connectivity index (χ0v) is 13.6. The summed E-state index contributed by atoms with van der Waals surface area (Å²) in [7, 11) is 1.49. The van der Waals surface area contributed by atoms with Crippen LogP contribution in [0.25, 0.3) is 16.2 Å². The number of hydrogen-bond acceptors (Lipinski definition) is 4. The average Bonchev–Trinajstić information content (AvgIpc) is 3.06. The maximum atomic E-state index is 13.0. The van der Waals surface area contributed by atoms with Crippen LogP contribution in [-0.2, 0) is 16.1 Å². The number of rotatable bonds is 5. The van der Waals surface area contributed by atoms with Crippen LogP contribution < -0.4 is 5.32 Å². The van der Waals surface area contributed by atoms with E-state index < -0.39 is 0 Å². The number of halogens is 1. The maximum absolute atomic E-state index is 13.0. The Morgan fingerprint density at radius 2 is 2.13 bits per heavy atom. The summed E-state index contributed by atoms with van der Waals surface area (Å²) in [4.78, 5) is 17.9. The number of nitrogens with zero attached hydrogens (tertiary/aromatic N) is 2. The second kappa shape index (κ2) is 6.47. The molecule has 0 unspecified atom stereocenters. The number of thiazole rings is 1. The van der Waals surface area contributed by atoms with Gasteiger partial charge in [-0.1, -0.05) is 11.3 Å². The van der Waals surface area contributed by atoms with E-state index in [0.29, 0.717) is 6.54 Å².